The highest BCUT2D eigenvalue weighted by atomic mass is 127. The van der Waals surface area contributed by atoms with Crippen molar-refractivity contribution in [2.24, 2.45) is 10.9 Å². The van der Waals surface area contributed by atoms with Gasteiger partial charge in [0.2, 0.25) is 0 Å². The fraction of sp³-hybridized carbons (Fsp3) is 0.391. The second-order valence-electron chi connectivity index (χ2n) is 7.20. The van der Waals surface area contributed by atoms with Gasteiger partial charge in [-0.3, -0.25) is 9.79 Å². The van der Waals surface area contributed by atoms with Crippen molar-refractivity contribution in [3.05, 3.63) is 65.2 Å². The van der Waals surface area contributed by atoms with Crippen LogP contribution in [0.3, 0.4) is 0 Å². The number of hydrogen-bond acceptors (Lipinski definition) is 3. The maximum absolute atomic E-state index is 11.8. The smallest absolute Gasteiger partial charge is 0.251 e. The zero-order valence-corrected chi connectivity index (χ0v) is 19.9. The van der Waals surface area contributed by atoms with Crippen LogP contribution in [-0.4, -0.2) is 32.1 Å². The second kappa shape index (κ2) is 12.4. The summed E-state index contributed by atoms with van der Waals surface area (Å²) in [7, 11) is 1.75. The average molecular weight is 522 g/mol. The van der Waals surface area contributed by atoms with Crippen LogP contribution in [-0.2, 0) is 13.1 Å². The van der Waals surface area contributed by atoms with Crippen molar-refractivity contribution in [1.29, 1.82) is 0 Å². The van der Waals surface area contributed by atoms with Gasteiger partial charge in [-0.15, -0.1) is 24.0 Å². The minimum absolute atomic E-state index is 0. The molecule has 30 heavy (non-hydrogen) atoms. The molecule has 0 spiro atoms. The van der Waals surface area contributed by atoms with Gasteiger partial charge >= 0.3 is 0 Å². The van der Waals surface area contributed by atoms with Crippen molar-refractivity contribution >= 4 is 35.8 Å². The molecule has 1 fully saturated rings. The molecule has 1 saturated carbocycles. The Bertz CT molecular complexity index is 835. The number of hydrogen-bond donors (Lipinski definition) is 3. The van der Waals surface area contributed by atoms with Gasteiger partial charge in [0.15, 0.2) is 5.96 Å². The highest BCUT2D eigenvalue weighted by Gasteiger charge is 2.22. The first kappa shape index (κ1) is 24.0. The Morgan fingerprint density at radius 3 is 2.40 bits per heavy atom. The Hall–Kier alpha value is -2.29. The molecule has 7 heteroatoms. The lowest BCUT2D eigenvalue weighted by molar-refractivity contribution is 0.0956. The number of halogens is 1. The average Bonchev–Trinajstić information content (AvgIpc) is 3.58. The fourth-order valence-electron chi connectivity index (χ4n) is 2.90. The molecule has 0 heterocycles. The summed E-state index contributed by atoms with van der Waals surface area (Å²) in [5, 5.41) is 9.45. The third-order valence-corrected chi connectivity index (χ3v) is 4.83. The van der Waals surface area contributed by atoms with E-state index in [1.807, 2.05) is 49.4 Å². The molecule has 0 radical (unpaired) electrons. The van der Waals surface area contributed by atoms with Crippen molar-refractivity contribution in [3.8, 4) is 5.75 Å². The van der Waals surface area contributed by atoms with Gasteiger partial charge in [-0.1, -0.05) is 30.3 Å². The minimum Gasteiger partial charge on any atom is -0.493 e. The Kier molecular flexibility index (Phi) is 9.93. The van der Waals surface area contributed by atoms with Crippen LogP contribution >= 0.6 is 24.0 Å². The van der Waals surface area contributed by atoms with Crippen molar-refractivity contribution in [3.63, 3.8) is 0 Å². The Balaban J connectivity index is 0.00000320. The summed E-state index contributed by atoms with van der Waals surface area (Å²) in [5.41, 5.74) is 2.86. The summed E-state index contributed by atoms with van der Waals surface area (Å²) >= 11 is 0. The number of guanidine groups is 1. The number of nitrogens with zero attached hydrogens (tertiary/aromatic N) is 1. The molecular formula is C23H31IN4O2. The predicted octanol–water partition coefficient (Wildman–Crippen LogP) is 3.71. The molecule has 6 nitrogen and oxygen atoms in total. The predicted molar refractivity (Wildman–Crippen MR) is 132 cm³/mol. The molecule has 3 rings (SSSR count). The molecule has 0 atom stereocenters. The van der Waals surface area contributed by atoms with Crippen LogP contribution in [0.15, 0.2) is 53.5 Å². The first-order valence-corrected chi connectivity index (χ1v) is 10.2. The number of amides is 1. The van der Waals surface area contributed by atoms with Gasteiger partial charge in [-0.05, 0) is 49.4 Å². The monoisotopic (exact) mass is 522 g/mol. The maximum Gasteiger partial charge on any atom is 0.251 e. The normalized spacial score (nSPS) is 13.2. The van der Waals surface area contributed by atoms with Gasteiger partial charge in [-0.25, -0.2) is 0 Å². The summed E-state index contributed by atoms with van der Waals surface area (Å²) in [4.78, 5) is 16.1. The van der Waals surface area contributed by atoms with Gasteiger partial charge in [0, 0.05) is 37.8 Å². The zero-order valence-electron chi connectivity index (χ0n) is 17.6. The highest BCUT2D eigenvalue weighted by molar-refractivity contribution is 14.0. The summed E-state index contributed by atoms with van der Waals surface area (Å²) in [6.07, 6.45) is 2.56. The van der Waals surface area contributed by atoms with Crippen molar-refractivity contribution in [1.82, 2.24) is 16.0 Å². The SMILES string of the molecule is CCNC(=O)c1ccc(CNC(=NC)NCc2ccccc2OCC2CC2)cc1.I. The third kappa shape index (κ3) is 7.51. The van der Waals surface area contributed by atoms with Crippen molar-refractivity contribution in [2.75, 3.05) is 20.2 Å². The van der Waals surface area contributed by atoms with Gasteiger partial charge in [0.05, 0.1) is 6.61 Å². The van der Waals surface area contributed by atoms with Gasteiger partial charge < -0.3 is 20.7 Å². The van der Waals surface area contributed by atoms with Crippen LogP contribution in [0.2, 0.25) is 0 Å². The topological polar surface area (TPSA) is 74.8 Å². The fourth-order valence-corrected chi connectivity index (χ4v) is 2.90. The molecule has 0 aliphatic heterocycles. The molecule has 2 aromatic carbocycles. The van der Waals surface area contributed by atoms with E-state index in [4.69, 9.17) is 4.74 Å². The van der Waals surface area contributed by atoms with E-state index in [1.54, 1.807) is 7.05 Å². The highest BCUT2D eigenvalue weighted by Crippen LogP contribution is 2.30. The number of nitrogens with one attached hydrogen (secondary N) is 3. The Labute approximate surface area is 195 Å². The van der Waals surface area contributed by atoms with Crippen LogP contribution in [0.1, 0.15) is 41.3 Å². The van der Waals surface area contributed by atoms with Gasteiger partial charge in [-0.2, -0.15) is 0 Å². The molecule has 1 aliphatic rings. The molecule has 162 valence electrons. The van der Waals surface area contributed by atoms with E-state index in [0.717, 1.165) is 35.4 Å². The number of carbonyl (C=O) groups is 1. The molecule has 0 bridgehead atoms. The quantitative estimate of drug-likeness (QED) is 0.267. The summed E-state index contributed by atoms with van der Waals surface area (Å²) in [5.74, 6) is 2.33. The molecule has 1 aliphatic carbocycles. The van der Waals surface area contributed by atoms with Gasteiger partial charge in [0.1, 0.15) is 5.75 Å². The van der Waals surface area contributed by atoms with E-state index in [2.05, 4.69) is 27.0 Å². The molecule has 0 unspecified atom stereocenters. The van der Waals surface area contributed by atoms with Crippen LogP contribution in [0.25, 0.3) is 0 Å². The van der Waals surface area contributed by atoms with E-state index >= 15 is 0 Å². The van der Waals surface area contributed by atoms with Gasteiger partial charge in [0.25, 0.3) is 5.91 Å². The Morgan fingerprint density at radius 2 is 1.73 bits per heavy atom. The lowest BCUT2D eigenvalue weighted by atomic mass is 10.1. The summed E-state index contributed by atoms with van der Waals surface area (Å²) < 4.78 is 5.97. The van der Waals surface area contributed by atoms with Crippen LogP contribution in [0, 0.1) is 5.92 Å². The van der Waals surface area contributed by atoms with E-state index in [9.17, 15) is 4.79 Å². The Morgan fingerprint density at radius 1 is 1.03 bits per heavy atom. The molecule has 0 saturated heterocycles. The van der Waals surface area contributed by atoms with E-state index in [-0.39, 0.29) is 29.9 Å². The number of rotatable bonds is 9. The summed E-state index contributed by atoms with van der Waals surface area (Å²) in [6, 6.07) is 15.7. The number of benzene rings is 2. The standard InChI is InChI=1S/C23H30N4O2.HI/c1-3-25-22(28)19-12-10-17(11-13-19)14-26-23(24-2)27-15-20-6-4-5-7-21(20)29-16-18-8-9-18;/h4-7,10-13,18H,3,8-9,14-16H2,1-2H3,(H,25,28)(H2,24,26,27);1H. The van der Waals surface area contributed by atoms with Crippen molar-refractivity contribution < 1.29 is 9.53 Å². The zero-order chi connectivity index (χ0) is 20.5. The summed E-state index contributed by atoms with van der Waals surface area (Å²) in [6.45, 7) is 4.59. The number of ether oxygens (including phenoxy) is 1. The largest absolute Gasteiger partial charge is 0.493 e. The van der Waals surface area contributed by atoms with Crippen LogP contribution in [0.4, 0.5) is 0 Å². The lowest BCUT2D eigenvalue weighted by Crippen LogP contribution is -2.36. The van der Waals surface area contributed by atoms with E-state index in [0.29, 0.717) is 25.2 Å². The molecule has 1 amide bonds. The first-order valence-electron chi connectivity index (χ1n) is 10.2. The minimum atomic E-state index is -0.0490. The second-order valence-corrected chi connectivity index (χ2v) is 7.20. The molecule has 3 N–H and O–H groups in total. The third-order valence-electron chi connectivity index (χ3n) is 4.83. The van der Waals surface area contributed by atoms with E-state index in [1.165, 1.54) is 12.8 Å². The number of para-hydroxylation sites is 1. The number of aliphatic imine (C=N–C) groups is 1. The van der Waals surface area contributed by atoms with E-state index < -0.39 is 0 Å². The first-order chi connectivity index (χ1) is 14.2. The van der Waals surface area contributed by atoms with Crippen molar-refractivity contribution in [2.45, 2.75) is 32.9 Å². The molecule has 2 aromatic rings. The maximum atomic E-state index is 11.8. The number of carbonyl (C=O) groups excluding carboxylic acids is 1. The molecule has 0 aromatic heterocycles. The van der Waals surface area contributed by atoms with Crippen LogP contribution in [0.5, 0.6) is 5.75 Å². The van der Waals surface area contributed by atoms with Crippen LogP contribution < -0.4 is 20.7 Å². The molecular weight excluding hydrogens is 491 g/mol. The lowest BCUT2D eigenvalue weighted by Gasteiger charge is -2.15.